The Morgan fingerprint density at radius 3 is 2.48 bits per heavy atom. The minimum Gasteiger partial charge on any atom is -0.359 e. The second kappa shape index (κ2) is 8.34. The van der Waals surface area contributed by atoms with Crippen molar-refractivity contribution in [3.05, 3.63) is 47.7 Å². The van der Waals surface area contributed by atoms with E-state index in [0.717, 1.165) is 18.0 Å². The van der Waals surface area contributed by atoms with Gasteiger partial charge >= 0.3 is 0 Å². The average molecular weight is 330 g/mol. The molecule has 0 saturated heterocycles. The summed E-state index contributed by atoms with van der Waals surface area (Å²) in [4.78, 5) is 0. The van der Waals surface area contributed by atoms with Crippen LogP contribution in [0.4, 0.5) is 0 Å². The normalized spacial score (nSPS) is 22.1. The monoisotopic (exact) mass is 329 g/mol. The number of hydrazine groups is 1. The molecule has 2 aliphatic rings. The maximum Gasteiger partial charge on any atom is 0.185 e. The molecule has 1 fully saturated rings. The zero-order valence-electron chi connectivity index (χ0n) is 13.7. The molecule has 3 N–H and O–H groups in total. The highest BCUT2D eigenvalue weighted by Crippen LogP contribution is 2.30. The zero-order valence-corrected chi connectivity index (χ0v) is 14.5. The van der Waals surface area contributed by atoms with Gasteiger partial charge in [-0.15, -0.1) is 0 Å². The Hall–Kier alpha value is -1.55. The number of hydrogen-bond acceptors (Lipinski definition) is 2. The van der Waals surface area contributed by atoms with Crippen molar-refractivity contribution in [1.29, 1.82) is 0 Å². The molecule has 2 aliphatic carbocycles. The Labute approximate surface area is 144 Å². The summed E-state index contributed by atoms with van der Waals surface area (Å²) in [6, 6.07) is 11.4. The van der Waals surface area contributed by atoms with Crippen LogP contribution < -0.4 is 16.2 Å². The highest BCUT2D eigenvalue weighted by Gasteiger charge is 2.17. The SMILES string of the molecule is S=C(NNC1=CC[C@H](c2ccccc2)CC1)NC1CCCCC1. The van der Waals surface area contributed by atoms with Crippen molar-refractivity contribution in [2.75, 3.05) is 0 Å². The van der Waals surface area contributed by atoms with Gasteiger partial charge in [0, 0.05) is 11.7 Å². The van der Waals surface area contributed by atoms with Crippen molar-refractivity contribution in [3.8, 4) is 0 Å². The molecule has 0 bridgehead atoms. The van der Waals surface area contributed by atoms with Crippen LogP contribution in [0.15, 0.2) is 42.1 Å². The van der Waals surface area contributed by atoms with Crippen LogP contribution in [-0.4, -0.2) is 11.2 Å². The smallest absolute Gasteiger partial charge is 0.185 e. The molecular formula is C19H27N3S. The Morgan fingerprint density at radius 1 is 1.00 bits per heavy atom. The van der Waals surface area contributed by atoms with Gasteiger partial charge in [0.05, 0.1) is 0 Å². The van der Waals surface area contributed by atoms with Gasteiger partial charge in [-0.05, 0) is 55.8 Å². The highest BCUT2D eigenvalue weighted by molar-refractivity contribution is 7.80. The molecule has 4 heteroatoms. The van der Waals surface area contributed by atoms with Crippen molar-refractivity contribution in [2.45, 2.75) is 63.3 Å². The lowest BCUT2D eigenvalue weighted by Gasteiger charge is -2.26. The fourth-order valence-electron chi connectivity index (χ4n) is 3.58. The standard InChI is InChI=1S/C19H27N3S/c23-19(20-17-9-5-2-6-10-17)22-21-18-13-11-16(12-14-18)15-7-3-1-4-8-15/h1,3-4,7-8,13,16-17,21H,2,5-6,9-12,14H2,(H2,20,22,23)/t16-/m0/s1. The van der Waals surface area contributed by atoms with Gasteiger partial charge in [0.25, 0.3) is 0 Å². The summed E-state index contributed by atoms with van der Waals surface area (Å²) in [6.07, 6.45) is 12.1. The molecule has 0 aliphatic heterocycles. The van der Waals surface area contributed by atoms with Crippen LogP contribution in [0.3, 0.4) is 0 Å². The van der Waals surface area contributed by atoms with Gasteiger partial charge in [-0.25, -0.2) is 0 Å². The molecule has 3 rings (SSSR count). The Bertz CT molecular complexity index is 535. The molecular weight excluding hydrogens is 302 g/mol. The van der Waals surface area contributed by atoms with E-state index in [2.05, 4.69) is 52.6 Å². The first-order valence-corrected chi connectivity index (χ1v) is 9.28. The van der Waals surface area contributed by atoms with Crippen LogP contribution in [0.25, 0.3) is 0 Å². The number of benzene rings is 1. The van der Waals surface area contributed by atoms with E-state index in [-0.39, 0.29) is 0 Å². The van der Waals surface area contributed by atoms with Crippen LogP contribution in [0.5, 0.6) is 0 Å². The second-order valence-corrected chi connectivity index (χ2v) is 7.08. The fourth-order valence-corrected chi connectivity index (χ4v) is 3.80. The van der Waals surface area contributed by atoms with Crippen LogP contribution in [0.2, 0.25) is 0 Å². The van der Waals surface area contributed by atoms with Crippen LogP contribution in [0.1, 0.15) is 62.8 Å². The number of rotatable bonds is 4. The molecule has 124 valence electrons. The van der Waals surface area contributed by atoms with E-state index in [1.54, 1.807) is 0 Å². The molecule has 3 nitrogen and oxygen atoms in total. The quantitative estimate of drug-likeness (QED) is 0.573. The predicted octanol–water partition coefficient (Wildman–Crippen LogP) is 4.14. The summed E-state index contributed by atoms with van der Waals surface area (Å²) in [5, 5.41) is 4.15. The van der Waals surface area contributed by atoms with Crippen molar-refractivity contribution in [3.63, 3.8) is 0 Å². The summed E-state index contributed by atoms with van der Waals surface area (Å²) in [7, 11) is 0. The maximum absolute atomic E-state index is 5.39. The summed E-state index contributed by atoms with van der Waals surface area (Å²) in [6.45, 7) is 0. The first kappa shape index (κ1) is 16.3. The van der Waals surface area contributed by atoms with Gasteiger partial charge in [0.1, 0.15) is 0 Å². The van der Waals surface area contributed by atoms with E-state index in [1.165, 1.54) is 49.8 Å². The Kier molecular flexibility index (Phi) is 5.92. The lowest BCUT2D eigenvalue weighted by atomic mass is 9.87. The molecule has 0 spiro atoms. The van der Waals surface area contributed by atoms with Crippen LogP contribution >= 0.6 is 12.2 Å². The third-order valence-corrected chi connectivity index (χ3v) is 5.18. The van der Waals surface area contributed by atoms with Crippen molar-refractivity contribution >= 4 is 17.3 Å². The summed E-state index contributed by atoms with van der Waals surface area (Å²) < 4.78 is 0. The van der Waals surface area contributed by atoms with Crippen molar-refractivity contribution in [2.24, 2.45) is 0 Å². The predicted molar refractivity (Wildman–Crippen MR) is 100.0 cm³/mol. The number of nitrogens with one attached hydrogen (secondary N) is 3. The lowest BCUT2D eigenvalue weighted by molar-refractivity contribution is 0.410. The largest absolute Gasteiger partial charge is 0.359 e. The summed E-state index contributed by atoms with van der Waals surface area (Å²) >= 11 is 5.39. The zero-order chi connectivity index (χ0) is 15.9. The molecule has 0 heterocycles. The first-order valence-electron chi connectivity index (χ1n) is 8.88. The van der Waals surface area contributed by atoms with Crippen LogP contribution in [0, 0.1) is 0 Å². The molecule has 1 aromatic carbocycles. The lowest BCUT2D eigenvalue weighted by Crippen LogP contribution is -2.48. The molecule has 0 aromatic heterocycles. The Balaban J connectivity index is 1.41. The average Bonchev–Trinajstić information content (AvgIpc) is 2.62. The van der Waals surface area contributed by atoms with E-state index in [9.17, 15) is 0 Å². The first-order chi connectivity index (χ1) is 11.3. The molecule has 0 unspecified atom stereocenters. The van der Waals surface area contributed by atoms with Gasteiger partial charge in [0.2, 0.25) is 0 Å². The van der Waals surface area contributed by atoms with Crippen molar-refractivity contribution in [1.82, 2.24) is 16.2 Å². The minimum atomic E-state index is 0.549. The van der Waals surface area contributed by atoms with Gasteiger partial charge in [-0.1, -0.05) is 55.7 Å². The number of thiocarbonyl (C=S) groups is 1. The third-order valence-electron chi connectivity index (χ3n) is 4.96. The van der Waals surface area contributed by atoms with Gasteiger partial charge in [0.15, 0.2) is 5.11 Å². The van der Waals surface area contributed by atoms with Crippen LogP contribution in [-0.2, 0) is 0 Å². The van der Waals surface area contributed by atoms with E-state index in [4.69, 9.17) is 12.2 Å². The molecule has 1 aromatic rings. The third kappa shape index (κ3) is 4.96. The minimum absolute atomic E-state index is 0.549. The summed E-state index contributed by atoms with van der Waals surface area (Å²) in [5.41, 5.74) is 9.15. The molecule has 0 amide bonds. The molecule has 0 radical (unpaired) electrons. The van der Waals surface area contributed by atoms with Gasteiger partial charge in [-0.2, -0.15) is 0 Å². The van der Waals surface area contributed by atoms with E-state index < -0.39 is 0 Å². The molecule has 23 heavy (non-hydrogen) atoms. The second-order valence-electron chi connectivity index (χ2n) is 6.67. The topological polar surface area (TPSA) is 36.1 Å². The van der Waals surface area contributed by atoms with E-state index in [0.29, 0.717) is 12.0 Å². The molecule has 1 saturated carbocycles. The number of hydrogen-bond donors (Lipinski definition) is 3. The van der Waals surface area contributed by atoms with Gasteiger partial charge < -0.3 is 10.7 Å². The summed E-state index contributed by atoms with van der Waals surface area (Å²) in [5.74, 6) is 0.647. The van der Waals surface area contributed by atoms with Gasteiger partial charge in [-0.3, -0.25) is 5.43 Å². The highest BCUT2D eigenvalue weighted by atomic mass is 32.1. The molecule has 1 atom stereocenters. The fraction of sp³-hybridized carbons (Fsp3) is 0.526. The number of allylic oxidation sites excluding steroid dienone is 2. The maximum atomic E-state index is 5.39. The Morgan fingerprint density at radius 2 is 1.78 bits per heavy atom. The van der Waals surface area contributed by atoms with Crippen molar-refractivity contribution < 1.29 is 0 Å². The van der Waals surface area contributed by atoms with E-state index in [1.807, 2.05) is 0 Å². The van der Waals surface area contributed by atoms with E-state index >= 15 is 0 Å².